The molecule has 3 aliphatic rings. The molecule has 27 heavy (non-hydrogen) atoms. The van der Waals surface area contributed by atoms with Gasteiger partial charge in [-0.1, -0.05) is 31.2 Å². The van der Waals surface area contributed by atoms with Crippen molar-refractivity contribution in [3.05, 3.63) is 54.7 Å². The Bertz CT molecular complexity index is 829. The van der Waals surface area contributed by atoms with Crippen LogP contribution in [0.3, 0.4) is 0 Å². The molecule has 0 N–H and O–H groups in total. The van der Waals surface area contributed by atoms with Gasteiger partial charge < -0.3 is 4.74 Å². The number of carbonyl (C=O) groups excluding carboxylic acids is 1. The van der Waals surface area contributed by atoms with Gasteiger partial charge in [-0.3, -0.25) is 14.7 Å². The largest absolute Gasteiger partial charge is 0.456 e. The van der Waals surface area contributed by atoms with E-state index in [9.17, 15) is 4.79 Å². The van der Waals surface area contributed by atoms with Gasteiger partial charge in [0.25, 0.3) is 0 Å². The van der Waals surface area contributed by atoms with Crippen molar-refractivity contribution in [1.82, 2.24) is 9.88 Å². The number of nitrogens with zero attached hydrogens (tertiary/aromatic N) is 2. The predicted molar refractivity (Wildman–Crippen MR) is 107 cm³/mol. The van der Waals surface area contributed by atoms with E-state index in [-0.39, 0.29) is 18.1 Å². The average Bonchev–Trinajstić information content (AvgIpc) is 2.72. The van der Waals surface area contributed by atoms with E-state index in [1.165, 1.54) is 6.42 Å². The second-order valence-corrected chi connectivity index (χ2v) is 7.82. The van der Waals surface area contributed by atoms with Gasteiger partial charge in [-0.05, 0) is 49.8 Å². The fourth-order valence-corrected chi connectivity index (χ4v) is 4.81. The quantitative estimate of drug-likeness (QED) is 0.558. The van der Waals surface area contributed by atoms with E-state index in [1.807, 2.05) is 37.4 Å². The Morgan fingerprint density at radius 3 is 3.00 bits per heavy atom. The number of aromatic nitrogens is 1. The van der Waals surface area contributed by atoms with Gasteiger partial charge in [0.15, 0.2) is 0 Å². The molecule has 0 aliphatic carbocycles. The van der Waals surface area contributed by atoms with Crippen LogP contribution in [0.1, 0.15) is 44.3 Å². The highest BCUT2D eigenvalue weighted by Crippen LogP contribution is 2.43. The Hall–Kier alpha value is -2.20. The maximum absolute atomic E-state index is 12.5. The molecule has 2 aromatic rings. The number of hydrogen-bond donors (Lipinski definition) is 0. The maximum atomic E-state index is 12.5. The second kappa shape index (κ2) is 7.81. The lowest BCUT2D eigenvalue weighted by Crippen LogP contribution is -2.55. The SMILES string of the molecule is C=CC1CN2CCC1CC2C(OC(=O)CCC)c1ccnc2ccccc12. The number of ether oxygens (including phenoxy) is 1. The minimum atomic E-state index is -0.245. The maximum Gasteiger partial charge on any atom is 0.306 e. The highest BCUT2D eigenvalue weighted by Gasteiger charge is 2.44. The Balaban J connectivity index is 1.71. The van der Waals surface area contributed by atoms with Crippen LogP contribution in [0, 0.1) is 11.8 Å². The van der Waals surface area contributed by atoms with E-state index < -0.39 is 0 Å². The molecule has 0 radical (unpaired) electrons. The van der Waals surface area contributed by atoms with E-state index >= 15 is 0 Å². The number of fused-ring (bicyclic) bond motifs is 4. The molecule has 142 valence electrons. The molecule has 0 spiro atoms. The Morgan fingerprint density at radius 2 is 2.26 bits per heavy atom. The summed E-state index contributed by atoms with van der Waals surface area (Å²) in [5, 5.41) is 1.08. The zero-order valence-corrected chi connectivity index (χ0v) is 16.0. The van der Waals surface area contributed by atoms with Gasteiger partial charge in [0, 0.05) is 30.1 Å². The molecular weight excluding hydrogens is 336 g/mol. The molecule has 0 saturated carbocycles. The van der Waals surface area contributed by atoms with Crippen molar-refractivity contribution in [2.24, 2.45) is 11.8 Å². The lowest BCUT2D eigenvalue weighted by Gasteiger charge is -2.51. The summed E-state index contributed by atoms with van der Waals surface area (Å²) < 4.78 is 6.11. The summed E-state index contributed by atoms with van der Waals surface area (Å²) in [7, 11) is 0. The van der Waals surface area contributed by atoms with Gasteiger partial charge in [-0.2, -0.15) is 0 Å². The van der Waals surface area contributed by atoms with E-state index in [2.05, 4.69) is 28.6 Å². The molecule has 2 bridgehead atoms. The zero-order valence-electron chi connectivity index (χ0n) is 16.0. The molecule has 1 aromatic heterocycles. The molecule has 3 saturated heterocycles. The number of para-hydroxylation sites is 1. The van der Waals surface area contributed by atoms with E-state index in [4.69, 9.17) is 4.74 Å². The minimum Gasteiger partial charge on any atom is -0.456 e. The van der Waals surface area contributed by atoms with Crippen molar-refractivity contribution in [3.8, 4) is 0 Å². The van der Waals surface area contributed by atoms with Gasteiger partial charge in [0.05, 0.1) is 11.6 Å². The summed E-state index contributed by atoms with van der Waals surface area (Å²) in [4.78, 5) is 19.5. The Morgan fingerprint density at radius 1 is 1.41 bits per heavy atom. The lowest BCUT2D eigenvalue weighted by molar-refractivity contribution is -0.157. The molecule has 5 atom stereocenters. The summed E-state index contributed by atoms with van der Waals surface area (Å²) in [6.07, 6.45) is 7.22. The average molecular weight is 364 g/mol. The third-order valence-corrected chi connectivity index (χ3v) is 6.21. The number of hydrogen-bond acceptors (Lipinski definition) is 4. The van der Waals surface area contributed by atoms with E-state index in [0.717, 1.165) is 42.4 Å². The van der Waals surface area contributed by atoms with Gasteiger partial charge in [-0.15, -0.1) is 6.58 Å². The van der Waals surface area contributed by atoms with Gasteiger partial charge >= 0.3 is 5.97 Å². The van der Waals surface area contributed by atoms with Crippen molar-refractivity contribution >= 4 is 16.9 Å². The van der Waals surface area contributed by atoms with Crippen LogP contribution in [0.25, 0.3) is 10.9 Å². The molecule has 5 unspecified atom stereocenters. The monoisotopic (exact) mass is 364 g/mol. The van der Waals surface area contributed by atoms with Gasteiger partial charge in [0.1, 0.15) is 6.10 Å². The first-order valence-electron chi connectivity index (χ1n) is 10.1. The number of rotatable bonds is 6. The van der Waals surface area contributed by atoms with Crippen LogP contribution >= 0.6 is 0 Å². The number of carbonyl (C=O) groups is 1. The van der Waals surface area contributed by atoms with Crippen LogP contribution in [-0.2, 0) is 9.53 Å². The molecule has 1 aromatic carbocycles. The summed E-state index contributed by atoms with van der Waals surface area (Å²) in [5.74, 6) is 1.08. The number of benzene rings is 1. The summed E-state index contributed by atoms with van der Waals surface area (Å²) >= 11 is 0. The Kier molecular flexibility index (Phi) is 5.26. The summed E-state index contributed by atoms with van der Waals surface area (Å²) in [5.41, 5.74) is 2.03. The van der Waals surface area contributed by atoms with Crippen molar-refractivity contribution in [2.45, 2.75) is 44.8 Å². The van der Waals surface area contributed by atoms with Crippen molar-refractivity contribution in [1.29, 1.82) is 0 Å². The number of esters is 1. The third-order valence-electron chi connectivity index (χ3n) is 6.21. The molecule has 5 rings (SSSR count). The zero-order chi connectivity index (χ0) is 18.8. The van der Waals surface area contributed by atoms with Crippen LogP contribution in [0.5, 0.6) is 0 Å². The van der Waals surface area contributed by atoms with Crippen LogP contribution in [0.2, 0.25) is 0 Å². The summed E-state index contributed by atoms with van der Waals surface area (Å²) in [6.45, 7) is 8.13. The first-order valence-corrected chi connectivity index (χ1v) is 10.1. The highest BCUT2D eigenvalue weighted by atomic mass is 16.5. The smallest absolute Gasteiger partial charge is 0.306 e. The van der Waals surface area contributed by atoms with Crippen molar-refractivity contribution in [3.63, 3.8) is 0 Å². The van der Waals surface area contributed by atoms with Crippen molar-refractivity contribution < 1.29 is 9.53 Å². The molecular formula is C23H28N2O2. The number of piperidine rings is 3. The van der Waals surface area contributed by atoms with Crippen LogP contribution in [0.4, 0.5) is 0 Å². The first-order chi connectivity index (χ1) is 13.2. The molecule has 4 heterocycles. The van der Waals surface area contributed by atoms with Crippen molar-refractivity contribution in [2.75, 3.05) is 13.1 Å². The molecule has 4 heteroatoms. The molecule has 3 fully saturated rings. The van der Waals surface area contributed by atoms with Gasteiger partial charge in [0.2, 0.25) is 0 Å². The Labute approximate surface area is 161 Å². The van der Waals surface area contributed by atoms with E-state index in [1.54, 1.807) is 0 Å². The summed E-state index contributed by atoms with van der Waals surface area (Å²) in [6, 6.07) is 10.4. The molecule has 4 nitrogen and oxygen atoms in total. The minimum absolute atomic E-state index is 0.105. The lowest BCUT2D eigenvalue weighted by atomic mass is 9.73. The van der Waals surface area contributed by atoms with E-state index in [0.29, 0.717) is 18.3 Å². The van der Waals surface area contributed by atoms with Crippen LogP contribution in [-0.4, -0.2) is 35.0 Å². The third kappa shape index (κ3) is 3.51. The first kappa shape index (κ1) is 18.2. The predicted octanol–water partition coefficient (Wildman–Crippen LogP) is 4.52. The van der Waals surface area contributed by atoms with Crippen LogP contribution < -0.4 is 0 Å². The normalized spacial score (nSPS) is 28.0. The highest BCUT2D eigenvalue weighted by molar-refractivity contribution is 5.82. The fourth-order valence-electron chi connectivity index (χ4n) is 4.81. The number of pyridine rings is 1. The second-order valence-electron chi connectivity index (χ2n) is 7.82. The van der Waals surface area contributed by atoms with Gasteiger partial charge in [-0.25, -0.2) is 0 Å². The molecule has 0 amide bonds. The van der Waals surface area contributed by atoms with Crippen LogP contribution in [0.15, 0.2) is 49.2 Å². The topological polar surface area (TPSA) is 42.4 Å². The standard InChI is InChI=1S/C23H28N2O2/c1-3-7-22(26)27-23(19-10-12-24-20-9-6-5-8-18(19)20)21-14-17-11-13-25(21)15-16(17)4-2/h4-6,8-10,12,16-17,21,23H,2-3,7,11,13-15H2,1H3. The fraction of sp³-hybridized carbons (Fsp3) is 0.478. The molecule has 3 aliphatic heterocycles.